The molecule has 5 nitrogen and oxygen atoms in total. The van der Waals surface area contributed by atoms with E-state index in [9.17, 15) is 9.59 Å². The molecule has 1 heterocycles. The predicted molar refractivity (Wildman–Crippen MR) is 77.3 cm³/mol. The van der Waals surface area contributed by atoms with E-state index in [1.807, 2.05) is 4.90 Å². The van der Waals surface area contributed by atoms with Gasteiger partial charge in [0.2, 0.25) is 5.91 Å². The molecule has 0 aliphatic carbocycles. The third-order valence-electron chi connectivity index (χ3n) is 3.70. The lowest BCUT2D eigenvalue weighted by Crippen LogP contribution is -2.45. The summed E-state index contributed by atoms with van der Waals surface area (Å²) in [7, 11) is 0. The zero-order chi connectivity index (χ0) is 14.5. The van der Waals surface area contributed by atoms with Crippen molar-refractivity contribution >= 4 is 11.9 Å². The van der Waals surface area contributed by atoms with Crippen molar-refractivity contribution in [1.82, 2.24) is 10.2 Å². The van der Waals surface area contributed by atoms with Crippen LogP contribution in [0.15, 0.2) is 24.3 Å². The number of aryl methyl sites for hydroxylation is 1. The van der Waals surface area contributed by atoms with Crippen LogP contribution < -0.4 is 11.1 Å². The number of urea groups is 1. The summed E-state index contributed by atoms with van der Waals surface area (Å²) in [5.74, 6) is 0.308. The van der Waals surface area contributed by atoms with Crippen LogP contribution in [0.4, 0.5) is 4.79 Å². The minimum Gasteiger partial charge on any atom is -0.352 e. The van der Waals surface area contributed by atoms with Gasteiger partial charge >= 0.3 is 6.03 Å². The number of rotatable bonds is 3. The Balaban J connectivity index is 1.98. The van der Waals surface area contributed by atoms with Gasteiger partial charge in [-0.25, -0.2) is 4.79 Å². The van der Waals surface area contributed by atoms with Crippen molar-refractivity contribution in [3.8, 4) is 0 Å². The molecule has 20 heavy (non-hydrogen) atoms. The Morgan fingerprint density at radius 2 is 2.25 bits per heavy atom. The number of carbonyl (C=O) groups excluding carboxylic acids is 2. The van der Waals surface area contributed by atoms with Crippen LogP contribution in [0.1, 0.15) is 29.9 Å². The quantitative estimate of drug-likeness (QED) is 0.874. The second-order valence-corrected chi connectivity index (χ2v) is 5.31. The molecule has 1 fully saturated rings. The molecule has 3 amide bonds. The highest BCUT2D eigenvalue weighted by Gasteiger charge is 2.24. The van der Waals surface area contributed by atoms with E-state index in [0.717, 1.165) is 19.4 Å². The fraction of sp³-hybridized carbons (Fsp3) is 0.467. The molecular formula is C15H21N3O2. The highest BCUT2D eigenvalue weighted by atomic mass is 16.2. The lowest BCUT2D eigenvalue weighted by Gasteiger charge is -2.33. The molecule has 0 aromatic heterocycles. The highest BCUT2D eigenvalue weighted by molar-refractivity contribution is 5.83. The van der Waals surface area contributed by atoms with E-state index < -0.39 is 6.03 Å². The number of primary amides is 1. The molecule has 1 aromatic rings. The number of hydrogen-bond donors (Lipinski definition) is 2. The van der Waals surface area contributed by atoms with E-state index in [0.29, 0.717) is 12.5 Å². The molecule has 1 aliphatic rings. The maximum atomic E-state index is 12.0. The summed E-state index contributed by atoms with van der Waals surface area (Å²) in [6.45, 7) is 3.52. The first-order valence-electron chi connectivity index (χ1n) is 6.94. The first-order chi connectivity index (χ1) is 9.56. The number of benzene rings is 1. The van der Waals surface area contributed by atoms with Crippen LogP contribution in [0, 0.1) is 6.92 Å². The maximum absolute atomic E-state index is 12.0. The Morgan fingerprint density at radius 3 is 2.95 bits per heavy atom. The molecule has 1 aliphatic heterocycles. The van der Waals surface area contributed by atoms with Crippen LogP contribution in [-0.2, 0) is 4.79 Å². The second kappa shape index (κ2) is 6.41. The van der Waals surface area contributed by atoms with Gasteiger partial charge in [-0.3, -0.25) is 4.79 Å². The predicted octanol–water partition coefficient (Wildman–Crippen LogP) is 1.37. The molecule has 0 spiro atoms. The van der Waals surface area contributed by atoms with Crippen molar-refractivity contribution in [2.45, 2.75) is 25.7 Å². The van der Waals surface area contributed by atoms with Crippen LogP contribution in [-0.4, -0.2) is 36.5 Å². The molecular weight excluding hydrogens is 254 g/mol. The average molecular weight is 275 g/mol. The van der Waals surface area contributed by atoms with Gasteiger partial charge in [0.1, 0.15) is 0 Å². The van der Waals surface area contributed by atoms with E-state index in [2.05, 4.69) is 36.5 Å². The van der Waals surface area contributed by atoms with Gasteiger partial charge in [-0.15, -0.1) is 0 Å². The van der Waals surface area contributed by atoms with E-state index in [1.54, 1.807) is 0 Å². The number of piperidine rings is 1. The van der Waals surface area contributed by atoms with Gasteiger partial charge in [-0.1, -0.05) is 29.8 Å². The van der Waals surface area contributed by atoms with Gasteiger partial charge in [-0.05, 0) is 25.3 Å². The van der Waals surface area contributed by atoms with Crippen molar-refractivity contribution in [3.05, 3.63) is 35.4 Å². The normalized spacial score (nSPS) is 18.6. The average Bonchev–Trinajstić information content (AvgIpc) is 2.45. The topological polar surface area (TPSA) is 75.4 Å². The maximum Gasteiger partial charge on any atom is 0.312 e. The van der Waals surface area contributed by atoms with Gasteiger partial charge in [-0.2, -0.15) is 0 Å². The standard InChI is InChI=1S/C15H21N3O2/c1-11-4-2-5-12(8-11)13-6-3-7-18(10-13)14(19)9-17-15(16)20/h2,4-5,8,13H,3,6-7,9-10H2,1H3,(H3,16,17,20). The number of nitrogens with two attached hydrogens (primary N) is 1. The largest absolute Gasteiger partial charge is 0.352 e. The van der Waals surface area contributed by atoms with Crippen molar-refractivity contribution in [2.24, 2.45) is 5.73 Å². The monoisotopic (exact) mass is 275 g/mol. The smallest absolute Gasteiger partial charge is 0.312 e. The molecule has 0 bridgehead atoms. The van der Waals surface area contributed by atoms with Crippen molar-refractivity contribution < 1.29 is 9.59 Å². The summed E-state index contributed by atoms with van der Waals surface area (Å²) < 4.78 is 0. The molecule has 1 saturated heterocycles. The fourth-order valence-electron chi connectivity index (χ4n) is 2.67. The van der Waals surface area contributed by atoms with Gasteiger partial charge in [0.05, 0.1) is 6.54 Å². The van der Waals surface area contributed by atoms with Gasteiger partial charge in [0.15, 0.2) is 0 Å². The summed E-state index contributed by atoms with van der Waals surface area (Å²) in [5.41, 5.74) is 7.50. The fourth-order valence-corrected chi connectivity index (χ4v) is 2.67. The third kappa shape index (κ3) is 3.73. The number of hydrogen-bond acceptors (Lipinski definition) is 2. The molecule has 108 valence electrons. The Kier molecular flexibility index (Phi) is 4.61. The van der Waals surface area contributed by atoms with Crippen molar-refractivity contribution in [1.29, 1.82) is 0 Å². The molecule has 1 aromatic carbocycles. The molecule has 0 radical (unpaired) electrons. The van der Waals surface area contributed by atoms with Gasteiger partial charge in [0.25, 0.3) is 0 Å². The first kappa shape index (κ1) is 14.4. The van der Waals surface area contributed by atoms with E-state index in [-0.39, 0.29) is 12.5 Å². The first-order valence-corrected chi connectivity index (χ1v) is 6.94. The minimum absolute atomic E-state index is 0.0180. The number of amides is 3. The lowest BCUT2D eigenvalue weighted by atomic mass is 9.90. The second-order valence-electron chi connectivity index (χ2n) is 5.31. The van der Waals surface area contributed by atoms with Crippen LogP contribution in [0.2, 0.25) is 0 Å². The Morgan fingerprint density at radius 1 is 1.45 bits per heavy atom. The molecule has 0 saturated carbocycles. The third-order valence-corrected chi connectivity index (χ3v) is 3.70. The van der Waals surface area contributed by atoms with Crippen LogP contribution in [0.25, 0.3) is 0 Å². The van der Waals surface area contributed by atoms with Crippen molar-refractivity contribution in [3.63, 3.8) is 0 Å². The van der Waals surface area contributed by atoms with Gasteiger partial charge < -0.3 is 16.0 Å². The SMILES string of the molecule is Cc1cccc(C2CCCN(C(=O)CNC(N)=O)C2)c1. The number of nitrogens with one attached hydrogen (secondary N) is 1. The number of carbonyl (C=O) groups is 2. The molecule has 5 heteroatoms. The van der Waals surface area contributed by atoms with Crippen LogP contribution in [0.3, 0.4) is 0 Å². The summed E-state index contributed by atoms with van der Waals surface area (Å²) in [6.07, 6.45) is 2.08. The Labute approximate surface area is 119 Å². The summed E-state index contributed by atoms with van der Waals surface area (Å²) in [4.78, 5) is 24.5. The summed E-state index contributed by atoms with van der Waals surface area (Å²) >= 11 is 0. The molecule has 2 rings (SSSR count). The van der Waals surface area contributed by atoms with Crippen LogP contribution >= 0.6 is 0 Å². The zero-order valence-corrected chi connectivity index (χ0v) is 11.8. The lowest BCUT2D eigenvalue weighted by molar-refractivity contribution is -0.131. The van der Waals surface area contributed by atoms with E-state index in [1.165, 1.54) is 11.1 Å². The molecule has 3 N–H and O–H groups in total. The van der Waals surface area contributed by atoms with Crippen molar-refractivity contribution in [2.75, 3.05) is 19.6 Å². The highest BCUT2D eigenvalue weighted by Crippen LogP contribution is 2.27. The number of likely N-dealkylation sites (tertiary alicyclic amines) is 1. The summed E-state index contributed by atoms with van der Waals surface area (Å²) in [6, 6.07) is 7.77. The minimum atomic E-state index is -0.661. The Bertz CT molecular complexity index is 502. The van der Waals surface area contributed by atoms with E-state index in [4.69, 9.17) is 5.73 Å². The molecule has 1 unspecified atom stereocenters. The number of nitrogens with zero attached hydrogens (tertiary/aromatic N) is 1. The molecule has 1 atom stereocenters. The Hall–Kier alpha value is -2.04. The van der Waals surface area contributed by atoms with Gasteiger partial charge in [0, 0.05) is 19.0 Å². The zero-order valence-electron chi connectivity index (χ0n) is 11.8. The summed E-state index contributed by atoms with van der Waals surface area (Å²) in [5, 5.41) is 2.35. The van der Waals surface area contributed by atoms with Crippen LogP contribution in [0.5, 0.6) is 0 Å². The van der Waals surface area contributed by atoms with E-state index >= 15 is 0 Å².